The zero-order chi connectivity index (χ0) is 15.5. The summed E-state index contributed by atoms with van der Waals surface area (Å²) >= 11 is 3.40. The minimum absolute atomic E-state index is 0.0701. The Morgan fingerprint density at radius 3 is 2.50 bits per heavy atom. The van der Waals surface area contributed by atoms with Gasteiger partial charge in [0.15, 0.2) is 0 Å². The number of carbonyl (C=O) groups excluding carboxylic acids is 1. The highest BCUT2D eigenvalue weighted by Gasteiger charge is 2.16. The maximum absolute atomic E-state index is 12.3. The van der Waals surface area contributed by atoms with Gasteiger partial charge in [-0.1, -0.05) is 12.8 Å². The number of nitrogens with one attached hydrogen (secondary N) is 1. The number of rotatable bonds is 4. The molecule has 1 aromatic heterocycles. The van der Waals surface area contributed by atoms with Crippen LogP contribution in [0.1, 0.15) is 46.1 Å². The summed E-state index contributed by atoms with van der Waals surface area (Å²) in [6.45, 7) is 3.79. The van der Waals surface area contributed by atoms with Crippen LogP contribution >= 0.6 is 23.1 Å². The molecule has 3 rings (SSSR count). The molecule has 0 unspecified atom stereocenters. The molecule has 5 heteroatoms. The number of carbonyl (C=O) groups is 1. The largest absolute Gasteiger partial charge is 0.321 e. The van der Waals surface area contributed by atoms with Gasteiger partial charge in [0.05, 0.1) is 10.7 Å². The molecule has 0 atom stereocenters. The van der Waals surface area contributed by atoms with Crippen LogP contribution in [0.3, 0.4) is 0 Å². The molecule has 1 aromatic carbocycles. The van der Waals surface area contributed by atoms with Crippen LogP contribution in [0.5, 0.6) is 0 Å². The third kappa shape index (κ3) is 3.70. The highest BCUT2D eigenvalue weighted by atomic mass is 32.2. The predicted octanol–water partition coefficient (Wildman–Crippen LogP) is 5.05. The van der Waals surface area contributed by atoms with Gasteiger partial charge >= 0.3 is 0 Å². The standard InChI is InChI=1S/C17H20N2OS2/c1-11-16(21-12(2)18-11)17(20)19-13-7-9-15(10-8-13)22-14-5-3-4-6-14/h7-10,14H,3-6H2,1-2H3,(H,19,20). The van der Waals surface area contributed by atoms with Gasteiger partial charge in [-0.2, -0.15) is 0 Å². The number of aryl methyl sites for hydroxylation is 2. The smallest absolute Gasteiger partial charge is 0.267 e. The zero-order valence-electron chi connectivity index (χ0n) is 12.9. The van der Waals surface area contributed by atoms with E-state index in [1.807, 2.05) is 37.7 Å². The van der Waals surface area contributed by atoms with Gasteiger partial charge in [0.1, 0.15) is 4.88 Å². The number of hydrogen-bond donors (Lipinski definition) is 1. The zero-order valence-corrected chi connectivity index (χ0v) is 14.5. The van der Waals surface area contributed by atoms with E-state index in [1.54, 1.807) is 0 Å². The van der Waals surface area contributed by atoms with Crippen molar-refractivity contribution >= 4 is 34.7 Å². The SMILES string of the molecule is Cc1nc(C)c(C(=O)Nc2ccc(SC3CCCC3)cc2)s1. The summed E-state index contributed by atoms with van der Waals surface area (Å²) < 4.78 is 0. The van der Waals surface area contributed by atoms with E-state index in [9.17, 15) is 4.79 Å². The Morgan fingerprint density at radius 1 is 1.23 bits per heavy atom. The van der Waals surface area contributed by atoms with Gasteiger partial charge in [0.2, 0.25) is 0 Å². The molecule has 1 aliphatic rings. The lowest BCUT2D eigenvalue weighted by Gasteiger charge is -2.09. The highest BCUT2D eigenvalue weighted by molar-refractivity contribution is 8.00. The van der Waals surface area contributed by atoms with Gasteiger partial charge in [-0.3, -0.25) is 4.79 Å². The van der Waals surface area contributed by atoms with Crippen LogP contribution in [0, 0.1) is 13.8 Å². The van der Waals surface area contributed by atoms with Crippen molar-refractivity contribution in [3.63, 3.8) is 0 Å². The lowest BCUT2D eigenvalue weighted by atomic mass is 10.3. The fourth-order valence-corrected chi connectivity index (χ4v) is 4.81. The first kappa shape index (κ1) is 15.6. The minimum atomic E-state index is -0.0701. The van der Waals surface area contributed by atoms with E-state index < -0.39 is 0 Å². The fourth-order valence-electron chi connectivity index (χ4n) is 2.75. The van der Waals surface area contributed by atoms with E-state index in [4.69, 9.17) is 0 Å². The van der Waals surface area contributed by atoms with Crippen LogP contribution in [0.25, 0.3) is 0 Å². The Bertz CT molecular complexity index is 658. The molecular weight excluding hydrogens is 312 g/mol. The molecule has 1 fully saturated rings. The van der Waals surface area contributed by atoms with Gasteiger partial charge in [-0.25, -0.2) is 4.98 Å². The Kier molecular flexibility index (Phi) is 4.84. The molecule has 1 aliphatic carbocycles. The lowest BCUT2D eigenvalue weighted by Crippen LogP contribution is -2.11. The summed E-state index contributed by atoms with van der Waals surface area (Å²) in [6.07, 6.45) is 5.37. The third-order valence-corrected chi connectivity index (χ3v) is 6.25. The van der Waals surface area contributed by atoms with Crippen LogP contribution < -0.4 is 5.32 Å². The molecule has 22 heavy (non-hydrogen) atoms. The average Bonchev–Trinajstić information content (AvgIpc) is 3.10. The molecule has 0 spiro atoms. The van der Waals surface area contributed by atoms with E-state index in [0.29, 0.717) is 4.88 Å². The number of aromatic nitrogens is 1. The van der Waals surface area contributed by atoms with Gasteiger partial charge < -0.3 is 5.32 Å². The van der Waals surface area contributed by atoms with Crippen molar-refractivity contribution in [2.45, 2.75) is 49.7 Å². The van der Waals surface area contributed by atoms with Crippen molar-refractivity contribution in [1.82, 2.24) is 4.98 Å². The van der Waals surface area contributed by atoms with Crippen LogP contribution in [0.4, 0.5) is 5.69 Å². The fraction of sp³-hybridized carbons (Fsp3) is 0.412. The van der Waals surface area contributed by atoms with Gasteiger partial charge in [-0.05, 0) is 51.0 Å². The van der Waals surface area contributed by atoms with Crippen molar-refractivity contribution in [3.8, 4) is 0 Å². The van der Waals surface area contributed by atoms with Crippen molar-refractivity contribution < 1.29 is 4.79 Å². The van der Waals surface area contributed by atoms with Crippen LogP contribution in [-0.2, 0) is 0 Å². The van der Waals surface area contributed by atoms with Crippen molar-refractivity contribution in [1.29, 1.82) is 0 Å². The van der Waals surface area contributed by atoms with Gasteiger partial charge in [-0.15, -0.1) is 23.1 Å². The van der Waals surface area contributed by atoms with Gasteiger partial charge in [0.25, 0.3) is 5.91 Å². The maximum atomic E-state index is 12.3. The molecule has 1 N–H and O–H groups in total. The molecule has 116 valence electrons. The predicted molar refractivity (Wildman–Crippen MR) is 94.1 cm³/mol. The van der Waals surface area contributed by atoms with Crippen molar-refractivity contribution in [2.75, 3.05) is 5.32 Å². The van der Waals surface area contributed by atoms with Crippen LogP contribution in [0.2, 0.25) is 0 Å². The summed E-state index contributed by atoms with van der Waals surface area (Å²) in [5, 5.41) is 4.64. The lowest BCUT2D eigenvalue weighted by molar-refractivity contribution is 0.103. The Labute approximate surface area is 139 Å². The van der Waals surface area contributed by atoms with Crippen LogP contribution in [0.15, 0.2) is 29.2 Å². The molecule has 1 amide bonds. The second-order valence-electron chi connectivity index (χ2n) is 5.65. The van der Waals surface area contributed by atoms with Crippen molar-refractivity contribution in [3.05, 3.63) is 39.8 Å². The molecule has 2 aromatic rings. The first-order valence-corrected chi connectivity index (χ1v) is 9.33. The maximum Gasteiger partial charge on any atom is 0.267 e. The Balaban J connectivity index is 1.63. The summed E-state index contributed by atoms with van der Waals surface area (Å²) in [7, 11) is 0. The number of nitrogens with zero attached hydrogens (tertiary/aromatic N) is 1. The van der Waals surface area contributed by atoms with Crippen molar-refractivity contribution in [2.24, 2.45) is 0 Å². The number of anilines is 1. The molecule has 0 radical (unpaired) electrons. The number of benzene rings is 1. The highest BCUT2D eigenvalue weighted by Crippen LogP contribution is 2.35. The normalized spacial score (nSPS) is 15.2. The number of hydrogen-bond acceptors (Lipinski definition) is 4. The first-order valence-electron chi connectivity index (χ1n) is 7.64. The Morgan fingerprint density at radius 2 is 1.91 bits per heavy atom. The first-order chi connectivity index (χ1) is 10.6. The molecule has 0 saturated heterocycles. The number of thioether (sulfide) groups is 1. The molecular formula is C17H20N2OS2. The second-order valence-corrected chi connectivity index (χ2v) is 8.23. The topological polar surface area (TPSA) is 42.0 Å². The third-order valence-electron chi connectivity index (χ3n) is 3.83. The minimum Gasteiger partial charge on any atom is -0.321 e. The molecule has 3 nitrogen and oxygen atoms in total. The van der Waals surface area contributed by atoms with E-state index in [-0.39, 0.29) is 5.91 Å². The van der Waals surface area contributed by atoms with E-state index in [2.05, 4.69) is 22.4 Å². The summed E-state index contributed by atoms with van der Waals surface area (Å²) in [5.41, 5.74) is 1.64. The summed E-state index contributed by atoms with van der Waals surface area (Å²) in [6, 6.07) is 8.17. The quantitative estimate of drug-likeness (QED) is 0.852. The van der Waals surface area contributed by atoms with Crippen LogP contribution in [-0.4, -0.2) is 16.1 Å². The molecule has 1 heterocycles. The van der Waals surface area contributed by atoms with Gasteiger partial charge in [0, 0.05) is 15.8 Å². The number of amides is 1. The van der Waals surface area contributed by atoms with E-state index >= 15 is 0 Å². The van der Waals surface area contributed by atoms with E-state index in [0.717, 1.165) is 21.6 Å². The molecule has 1 saturated carbocycles. The van der Waals surface area contributed by atoms with E-state index in [1.165, 1.54) is 41.9 Å². The summed E-state index contributed by atoms with van der Waals surface area (Å²) in [4.78, 5) is 18.5. The monoisotopic (exact) mass is 332 g/mol. The second kappa shape index (κ2) is 6.84. The molecule has 0 bridgehead atoms. The average molecular weight is 332 g/mol. The molecule has 0 aliphatic heterocycles. The summed E-state index contributed by atoms with van der Waals surface area (Å²) in [5.74, 6) is -0.0701. The Hall–Kier alpha value is -1.33. The number of thiazole rings is 1.